The molecule has 29 heavy (non-hydrogen) atoms. The molecule has 1 saturated heterocycles. The molecule has 0 bridgehead atoms. The van der Waals surface area contributed by atoms with Gasteiger partial charge in [-0.05, 0) is 48.7 Å². The number of anilines is 2. The molecule has 0 saturated carbocycles. The van der Waals surface area contributed by atoms with Crippen molar-refractivity contribution in [1.82, 2.24) is 15.3 Å². The van der Waals surface area contributed by atoms with Gasteiger partial charge < -0.3 is 15.4 Å². The Balaban J connectivity index is 1.40. The summed E-state index contributed by atoms with van der Waals surface area (Å²) in [5.74, 6) is -0.0622. The highest BCUT2D eigenvalue weighted by molar-refractivity contribution is 5.95. The van der Waals surface area contributed by atoms with Crippen molar-refractivity contribution in [1.29, 1.82) is 0 Å². The molecular weight excluding hydrogens is 371 g/mol. The molecule has 3 aromatic rings. The minimum absolute atomic E-state index is 0.102. The molecule has 2 aromatic carbocycles. The van der Waals surface area contributed by atoms with Gasteiger partial charge in [-0.3, -0.25) is 4.79 Å². The monoisotopic (exact) mass is 392 g/mol. The number of ether oxygens (including phenoxy) is 1. The first-order valence-corrected chi connectivity index (χ1v) is 9.52. The van der Waals surface area contributed by atoms with E-state index < -0.39 is 0 Å². The predicted octanol–water partition coefficient (Wildman–Crippen LogP) is 3.94. The van der Waals surface area contributed by atoms with Gasteiger partial charge in [-0.2, -0.15) is 0 Å². The number of hydrogen-bond acceptors (Lipinski definition) is 5. The second-order valence-electron chi connectivity index (χ2n) is 6.86. The first-order chi connectivity index (χ1) is 14.2. The SMILES string of the molecule is O=C(NCC1CCCO1)c1cccc(Nc2ncc(-c3cccc(F)c3)cn2)c1. The summed E-state index contributed by atoms with van der Waals surface area (Å²) >= 11 is 0. The Morgan fingerprint density at radius 2 is 1.93 bits per heavy atom. The normalized spacial score (nSPS) is 15.8. The van der Waals surface area contributed by atoms with E-state index in [9.17, 15) is 9.18 Å². The summed E-state index contributed by atoms with van der Waals surface area (Å²) < 4.78 is 18.9. The van der Waals surface area contributed by atoms with E-state index in [2.05, 4.69) is 20.6 Å². The second-order valence-corrected chi connectivity index (χ2v) is 6.86. The van der Waals surface area contributed by atoms with Crippen molar-refractivity contribution in [3.05, 3.63) is 72.3 Å². The summed E-state index contributed by atoms with van der Waals surface area (Å²) in [5, 5.41) is 5.99. The van der Waals surface area contributed by atoms with Crippen LogP contribution in [0.5, 0.6) is 0 Å². The zero-order valence-corrected chi connectivity index (χ0v) is 15.8. The van der Waals surface area contributed by atoms with Crippen molar-refractivity contribution >= 4 is 17.5 Å². The molecule has 1 fully saturated rings. The number of carbonyl (C=O) groups is 1. The molecule has 1 aromatic heterocycles. The molecular formula is C22H21FN4O2. The standard InChI is InChI=1S/C22H21FN4O2/c23-18-6-1-4-15(10-18)17-12-25-22(26-13-17)27-19-7-2-5-16(11-19)21(28)24-14-20-8-3-9-29-20/h1-2,4-7,10-13,20H,3,8-9,14H2,(H,24,28)(H,25,26,27). The summed E-state index contributed by atoms with van der Waals surface area (Å²) in [6.45, 7) is 1.28. The Bertz CT molecular complexity index is 988. The van der Waals surface area contributed by atoms with Gasteiger partial charge >= 0.3 is 0 Å². The van der Waals surface area contributed by atoms with E-state index in [-0.39, 0.29) is 17.8 Å². The molecule has 2 heterocycles. The van der Waals surface area contributed by atoms with E-state index in [1.807, 2.05) is 6.07 Å². The molecule has 6 nitrogen and oxygen atoms in total. The molecule has 148 valence electrons. The topological polar surface area (TPSA) is 76.1 Å². The smallest absolute Gasteiger partial charge is 0.251 e. The van der Waals surface area contributed by atoms with Crippen LogP contribution in [0.2, 0.25) is 0 Å². The number of nitrogens with zero attached hydrogens (tertiary/aromatic N) is 2. The molecule has 1 unspecified atom stereocenters. The molecule has 1 aliphatic rings. The summed E-state index contributed by atoms with van der Waals surface area (Å²) in [5.41, 5.74) is 2.68. The number of carbonyl (C=O) groups excluding carboxylic acids is 1. The van der Waals surface area contributed by atoms with Crippen LogP contribution in [0.4, 0.5) is 16.0 Å². The Hall–Kier alpha value is -3.32. The van der Waals surface area contributed by atoms with Gasteiger partial charge in [0.1, 0.15) is 5.82 Å². The summed E-state index contributed by atoms with van der Waals surface area (Å²) in [6.07, 6.45) is 5.37. The number of hydrogen-bond donors (Lipinski definition) is 2. The van der Waals surface area contributed by atoms with Crippen LogP contribution in [-0.2, 0) is 4.74 Å². The van der Waals surface area contributed by atoms with Crippen molar-refractivity contribution in [2.75, 3.05) is 18.5 Å². The van der Waals surface area contributed by atoms with Crippen LogP contribution in [0, 0.1) is 5.82 Å². The highest BCUT2D eigenvalue weighted by atomic mass is 19.1. The largest absolute Gasteiger partial charge is 0.376 e. The van der Waals surface area contributed by atoms with Gasteiger partial charge in [-0.25, -0.2) is 14.4 Å². The first kappa shape index (κ1) is 19.0. The highest BCUT2D eigenvalue weighted by Crippen LogP contribution is 2.20. The van der Waals surface area contributed by atoms with Crippen LogP contribution in [0.15, 0.2) is 60.9 Å². The molecule has 1 aliphatic heterocycles. The lowest BCUT2D eigenvalue weighted by Crippen LogP contribution is -2.31. The Kier molecular flexibility index (Phi) is 5.76. The molecule has 2 N–H and O–H groups in total. The maximum Gasteiger partial charge on any atom is 0.251 e. The second kappa shape index (κ2) is 8.79. The molecule has 0 radical (unpaired) electrons. The molecule has 0 aliphatic carbocycles. The first-order valence-electron chi connectivity index (χ1n) is 9.52. The van der Waals surface area contributed by atoms with Crippen LogP contribution in [-0.4, -0.2) is 35.1 Å². The van der Waals surface area contributed by atoms with Gasteiger partial charge in [-0.15, -0.1) is 0 Å². The van der Waals surface area contributed by atoms with E-state index in [4.69, 9.17) is 4.74 Å². The zero-order valence-electron chi connectivity index (χ0n) is 15.8. The number of benzene rings is 2. The predicted molar refractivity (Wildman–Crippen MR) is 108 cm³/mol. The minimum Gasteiger partial charge on any atom is -0.376 e. The number of halogens is 1. The molecule has 0 spiro atoms. The van der Waals surface area contributed by atoms with Gasteiger partial charge in [0.15, 0.2) is 0 Å². The zero-order chi connectivity index (χ0) is 20.1. The van der Waals surface area contributed by atoms with Crippen LogP contribution < -0.4 is 10.6 Å². The third-order valence-electron chi connectivity index (χ3n) is 4.70. The Morgan fingerprint density at radius 3 is 2.69 bits per heavy atom. The Labute approximate surface area is 168 Å². The van der Waals surface area contributed by atoms with E-state index in [0.717, 1.165) is 25.0 Å². The lowest BCUT2D eigenvalue weighted by molar-refractivity contribution is 0.0858. The fourth-order valence-electron chi connectivity index (χ4n) is 3.19. The maximum atomic E-state index is 13.4. The van der Waals surface area contributed by atoms with Crippen LogP contribution in [0.3, 0.4) is 0 Å². The lowest BCUT2D eigenvalue weighted by atomic mass is 10.1. The van der Waals surface area contributed by atoms with Crippen molar-refractivity contribution in [2.24, 2.45) is 0 Å². The van der Waals surface area contributed by atoms with Gasteiger partial charge in [0, 0.05) is 42.4 Å². The number of rotatable bonds is 6. The average Bonchev–Trinajstić information content (AvgIpc) is 3.26. The molecule has 4 rings (SSSR count). The van der Waals surface area contributed by atoms with Gasteiger partial charge in [-0.1, -0.05) is 18.2 Å². The van der Waals surface area contributed by atoms with E-state index in [1.165, 1.54) is 12.1 Å². The number of nitrogens with one attached hydrogen (secondary N) is 2. The fourth-order valence-corrected chi connectivity index (χ4v) is 3.19. The van der Waals surface area contributed by atoms with Crippen molar-refractivity contribution in [2.45, 2.75) is 18.9 Å². The summed E-state index contributed by atoms with van der Waals surface area (Å²) in [7, 11) is 0. The number of amides is 1. The summed E-state index contributed by atoms with van der Waals surface area (Å²) in [6, 6.07) is 13.4. The van der Waals surface area contributed by atoms with E-state index in [1.54, 1.807) is 42.7 Å². The van der Waals surface area contributed by atoms with Gasteiger partial charge in [0.2, 0.25) is 5.95 Å². The van der Waals surface area contributed by atoms with Gasteiger partial charge in [0.05, 0.1) is 6.10 Å². The van der Waals surface area contributed by atoms with E-state index >= 15 is 0 Å². The van der Waals surface area contributed by atoms with E-state index in [0.29, 0.717) is 29.3 Å². The Morgan fingerprint density at radius 1 is 1.10 bits per heavy atom. The van der Waals surface area contributed by atoms with Crippen LogP contribution in [0.25, 0.3) is 11.1 Å². The average molecular weight is 392 g/mol. The fraction of sp³-hybridized carbons (Fsp3) is 0.227. The van der Waals surface area contributed by atoms with Crippen molar-refractivity contribution in [3.63, 3.8) is 0 Å². The third-order valence-corrected chi connectivity index (χ3v) is 4.70. The van der Waals surface area contributed by atoms with Crippen molar-refractivity contribution < 1.29 is 13.9 Å². The molecule has 1 atom stereocenters. The number of aromatic nitrogens is 2. The minimum atomic E-state index is -0.306. The quantitative estimate of drug-likeness (QED) is 0.665. The molecule has 1 amide bonds. The lowest BCUT2D eigenvalue weighted by Gasteiger charge is -2.11. The molecule has 7 heteroatoms. The van der Waals surface area contributed by atoms with Crippen LogP contribution in [0.1, 0.15) is 23.2 Å². The highest BCUT2D eigenvalue weighted by Gasteiger charge is 2.16. The maximum absolute atomic E-state index is 13.4. The van der Waals surface area contributed by atoms with Crippen molar-refractivity contribution in [3.8, 4) is 11.1 Å². The summed E-state index contributed by atoms with van der Waals surface area (Å²) in [4.78, 5) is 20.9. The third kappa shape index (κ3) is 4.94. The van der Waals surface area contributed by atoms with Gasteiger partial charge in [0.25, 0.3) is 5.91 Å². The van der Waals surface area contributed by atoms with Crippen LogP contribution >= 0.6 is 0 Å².